The quantitative estimate of drug-likeness (QED) is 0.862. The molecule has 1 N–H and O–H groups in total. The summed E-state index contributed by atoms with van der Waals surface area (Å²) in [6, 6.07) is 8.10. The van der Waals surface area contributed by atoms with Crippen LogP contribution in [0.2, 0.25) is 0 Å². The summed E-state index contributed by atoms with van der Waals surface area (Å²) < 4.78 is 0.961. The Balaban J connectivity index is 2.06. The van der Waals surface area contributed by atoms with E-state index in [4.69, 9.17) is 0 Å². The molecule has 110 valence electrons. The first-order valence-electron chi connectivity index (χ1n) is 7.14. The van der Waals surface area contributed by atoms with E-state index in [0.717, 1.165) is 46.3 Å². The van der Waals surface area contributed by atoms with E-state index < -0.39 is 0 Å². The smallest absolute Gasteiger partial charge is 0.254 e. The first-order valence-corrected chi connectivity index (χ1v) is 7.93. The van der Waals surface area contributed by atoms with Gasteiger partial charge in [-0.1, -0.05) is 15.9 Å². The Morgan fingerprint density at radius 2 is 2.24 bits per heavy atom. The predicted molar refractivity (Wildman–Crippen MR) is 87.5 cm³/mol. The molecule has 1 aromatic carbocycles. The van der Waals surface area contributed by atoms with Gasteiger partial charge in [0.2, 0.25) is 0 Å². The SMILES string of the molecule is Cc1cc(C(=O)N2CCNC(C)C2)c2cc(Br)ccc2n1. The van der Waals surface area contributed by atoms with E-state index >= 15 is 0 Å². The van der Waals surface area contributed by atoms with E-state index in [1.807, 2.05) is 36.1 Å². The number of piperazine rings is 1. The van der Waals surface area contributed by atoms with Crippen molar-refractivity contribution in [3.05, 3.63) is 40.0 Å². The number of fused-ring (bicyclic) bond motifs is 1. The van der Waals surface area contributed by atoms with Crippen molar-refractivity contribution in [2.24, 2.45) is 0 Å². The molecule has 2 heterocycles. The number of benzene rings is 1. The van der Waals surface area contributed by atoms with Crippen molar-refractivity contribution < 1.29 is 4.79 Å². The molecule has 0 bridgehead atoms. The second kappa shape index (κ2) is 5.73. The van der Waals surface area contributed by atoms with Gasteiger partial charge in [-0.05, 0) is 38.1 Å². The van der Waals surface area contributed by atoms with Crippen LogP contribution in [-0.4, -0.2) is 41.5 Å². The molecular weight excluding hydrogens is 330 g/mol. The minimum atomic E-state index is 0.0944. The number of nitrogens with zero attached hydrogens (tertiary/aromatic N) is 2. The largest absolute Gasteiger partial charge is 0.336 e. The fraction of sp³-hybridized carbons (Fsp3) is 0.375. The van der Waals surface area contributed by atoms with Crippen LogP contribution in [0.15, 0.2) is 28.7 Å². The van der Waals surface area contributed by atoms with E-state index in [9.17, 15) is 4.79 Å². The van der Waals surface area contributed by atoms with Crippen molar-refractivity contribution in [3.63, 3.8) is 0 Å². The molecule has 1 unspecified atom stereocenters. The first-order chi connectivity index (χ1) is 10.0. The molecule has 1 aromatic heterocycles. The monoisotopic (exact) mass is 347 g/mol. The lowest BCUT2D eigenvalue weighted by Crippen LogP contribution is -2.51. The predicted octanol–water partition coefficient (Wildman–Crippen LogP) is 2.74. The first kappa shape index (κ1) is 14.5. The normalized spacial score (nSPS) is 19.0. The highest BCUT2D eigenvalue weighted by atomic mass is 79.9. The van der Waals surface area contributed by atoms with E-state index in [1.54, 1.807) is 0 Å². The summed E-state index contributed by atoms with van der Waals surface area (Å²) in [5.74, 6) is 0.0944. The molecule has 0 radical (unpaired) electrons. The Morgan fingerprint density at radius 3 is 3.00 bits per heavy atom. The van der Waals surface area contributed by atoms with Crippen molar-refractivity contribution in [2.45, 2.75) is 19.9 Å². The van der Waals surface area contributed by atoms with Gasteiger partial charge < -0.3 is 10.2 Å². The van der Waals surface area contributed by atoms with Crippen LogP contribution in [0.1, 0.15) is 23.0 Å². The number of nitrogens with one attached hydrogen (secondary N) is 1. The van der Waals surface area contributed by atoms with Gasteiger partial charge in [0.05, 0.1) is 11.1 Å². The molecule has 1 aliphatic rings. The summed E-state index contributed by atoms with van der Waals surface area (Å²) in [4.78, 5) is 19.3. The lowest BCUT2D eigenvalue weighted by atomic mass is 10.1. The third kappa shape index (κ3) is 2.94. The highest BCUT2D eigenvalue weighted by molar-refractivity contribution is 9.10. The lowest BCUT2D eigenvalue weighted by molar-refractivity contribution is 0.0711. The van der Waals surface area contributed by atoms with Gasteiger partial charge in [0.1, 0.15) is 0 Å². The van der Waals surface area contributed by atoms with E-state index in [1.165, 1.54) is 0 Å². The van der Waals surface area contributed by atoms with Gasteiger partial charge in [0, 0.05) is 41.2 Å². The summed E-state index contributed by atoms with van der Waals surface area (Å²) in [6.07, 6.45) is 0. The van der Waals surface area contributed by atoms with Crippen LogP contribution < -0.4 is 5.32 Å². The maximum Gasteiger partial charge on any atom is 0.254 e. The van der Waals surface area contributed by atoms with E-state index in [0.29, 0.717) is 6.04 Å². The topological polar surface area (TPSA) is 45.2 Å². The zero-order valence-corrected chi connectivity index (χ0v) is 13.8. The Kier molecular flexibility index (Phi) is 3.95. The number of carbonyl (C=O) groups is 1. The second-order valence-electron chi connectivity index (χ2n) is 5.58. The van der Waals surface area contributed by atoms with Crippen LogP contribution in [0.3, 0.4) is 0 Å². The lowest BCUT2D eigenvalue weighted by Gasteiger charge is -2.32. The van der Waals surface area contributed by atoms with Crippen LogP contribution in [0.25, 0.3) is 10.9 Å². The van der Waals surface area contributed by atoms with Gasteiger partial charge in [-0.25, -0.2) is 0 Å². The molecule has 1 atom stereocenters. The fourth-order valence-electron chi connectivity index (χ4n) is 2.79. The molecule has 1 aliphatic heterocycles. The van der Waals surface area contributed by atoms with Crippen molar-refractivity contribution in [2.75, 3.05) is 19.6 Å². The summed E-state index contributed by atoms with van der Waals surface area (Å²) in [5, 5.41) is 4.27. The van der Waals surface area contributed by atoms with Crippen molar-refractivity contribution in [1.82, 2.24) is 15.2 Å². The molecule has 1 saturated heterocycles. The minimum absolute atomic E-state index is 0.0944. The molecule has 3 rings (SSSR count). The molecule has 2 aromatic rings. The zero-order valence-electron chi connectivity index (χ0n) is 12.2. The summed E-state index contributed by atoms with van der Waals surface area (Å²) in [6.45, 7) is 6.37. The van der Waals surface area contributed by atoms with Gasteiger partial charge in [-0.3, -0.25) is 9.78 Å². The molecule has 1 fully saturated rings. The zero-order chi connectivity index (χ0) is 15.0. The van der Waals surface area contributed by atoms with Gasteiger partial charge in [-0.15, -0.1) is 0 Å². The summed E-state index contributed by atoms with van der Waals surface area (Å²) in [7, 11) is 0. The third-order valence-electron chi connectivity index (χ3n) is 3.79. The minimum Gasteiger partial charge on any atom is -0.336 e. The van der Waals surface area contributed by atoms with Crippen molar-refractivity contribution >= 4 is 32.7 Å². The number of pyridine rings is 1. The third-order valence-corrected chi connectivity index (χ3v) is 4.28. The molecule has 21 heavy (non-hydrogen) atoms. The van der Waals surface area contributed by atoms with E-state index in [2.05, 4.69) is 33.2 Å². The van der Waals surface area contributed by atoms with E-state index in [-0.39, 0.29) is 5.91 Å². The number of aryl methyl sites for hydroxylation is 1. The van der Waals surface area contributed by atoms with Crippen LogP contribution >= 0.6 is 15.9 Å². The van der Waals surface area contributed by atoms with Gasteiger partial charge in [0.25, 0.3) is 5.91 Å². The molecule has 1 amide bonds. The average molecular weight is 348 g/mol. The summed E-state index contributed by atoms with van der Waals surface area (Å²) in [5.41, 5.74) is 2.48. The second-order valence-corrected chi connectivity index (χ2v) is 6.49. The maximum atomic E-state index is 12.9. The van der Waals surface area contributed by atoms with Crippen molar-refractivity contribution in [3.8, 4) is 0 Å². The van der Waals surface area contributed by atoms with Crippen LogP contribution in [0, 0.1) is 6.92 Å². The van der Waals surface area contributed by atoms with Gasteiger partial charge in [-0.2, -0.15) is 0 Å². The standard InChI is InChI=1S/C16H18BrN3O/c1-10-7-14(13-8-12(17)3-4-15(13)19-10)16(21)20-6-5-18-11(2)9-20/h3-4,7-8,11,18H,5-6,9H2,1-2H3. The summed E-state index contributed by atoms with van der Waals surface area (Å²) >= 11 is 3.48. The Hall–Kier alpha value is -1.46. The van der Waals surface area contributed by atoms with Gasteiger partial charge in [0.15, 0.2) is 0 Å². The highest BCUT2D eigenvalue weighted by Gasteiger charge is 2.23. The molecule has 4 nitrogen and oxygen atoms in total. The number of aromatic nitrogens is 1. The Morgan fingerprint density at radius 1 is 1.43 bits per heavy atom. The highest BCUT2D eigenvalue weighted by Crippen LogP contribution is 2.24. The number of hydrogen-bond donors (Lipinski definition) is 1. The molecular formula is C16H18BrN3O. The number of amides is 1. The average Bonchev–Trinajstić information content (AvgIpc) is 2.46. The maximum absolute atomic E-state index is 12.9. The van der Waals surface area contributed by atoms with Gasteiger partial charge >= 0.3 is 0 Å². The number of carbonyl (C=O) groups excluding carboxylic acids is 1. The molecule has 5 heteroatoms. The molecule has 0 saturated carbocycles. The van der Waals surface area contributed by atoms with Crippen LogP contribution in [0.4, 0.5) is 0 Å². The Bertz CT molecular complexity index is 701. The Labute approximate surface area is 132 Å². The molecule has 0 spiro atoms. The number of rotatable bonds is 1. The van der Waals surface area contributed by atoms with Crippen LogP contribution in [-0.2, 0) is 0 Å². The number of hydrogen-bond acceptors (Lipinski definition) is 3. The molecule has 0 aliphatic carbocycles. The van der Waals surface area contributed by atoms with Crippen molar-refractivity contribution in [1.29, 1.82) is 0 Å². The van der Waals surface area contributed by atoms with Crippen LogP contribution in [0.5, 0.6) is 0 Å². The number of halogens is 1. The fourth-order valence-corrected chi connectivity index (χ4v) is 3.16.